The maximum absolute atomic E-state index is 13.1. The second-order valence-electron chi connectivity index (χ2n) is 5.20. The number of piperazine rings is 1. The Morgan fingerprint density at radius 3 is 2.81 bits per heavy atom. The Morgan fingerprint density at radius 1 is 1.52 bits per heavy atom. The van der Waals surface area contributed by atoms with Crippen molar-refractivity contribution in [2.75, 3.05) is 13.1 Å². The van der Waals surface area contributed by atoms with Gasteiger partial charge >= 0.3 is 6.18 Å². The third kappa shape index (κ3) is 2.46. The molecule has 2 bridgehead atoms. The minimum absolute atomic E-state index is 0.0576. The summed E-state index contributed by atoms with van der Waals surface area (Å²) in [5.74, 6) is -0.802. The van der Waals surface area contributed by atoms with Crippen molar-refractivity contribution in [1.82, 2.24) is 20.2 Å². The molecule has 0 spiro atoms. The normalized spacial score (nSPS) is 24.7. The standard InChI is InChI=1S/C12H14F3N5O/c13-12(14,15)10-8(4-18-9(2-16)19-10)11(21)20-5-6-1-7(20)3-17-6/h4,6-7,17H,1-3,5,16H2/t6-,7-/m0/s1. The van der Waals surface area contributed by atoms with Crippen LogP contribution in [0.15, 0.2) is 6.20 Å². The molecule has 1 aromatic rings. The lowest BCUT2D eigenvalue weighted by atomic mass is 10.1. The van der Waals surface area contributed by atoms with Crippen molar-refractivity contribution in [3.63, 3.8) is 0 Å². The molecule has 3 rings (SSSR count). The summed E-state index contributed by atoms with van der Waals surface area (Å²) in [6.45, 7) is 0.814. The summed E-state index contributed by atoms with van der Waals surface area (Å²) in [6.07, 6.45) is -3.01. The molecule has 0 aromatic carbocycles. The third-order valence-electron chi connectivity index (χ3n) is 3.84. The van der Waals surface area contributed by atoms with Crippen LogP contribution in [-0.4, -0.2) is 45.9 Å². The Labute approximate surface area is 118 Å². The summed E-state index contributed by atoms with van der Waals surface area (Å²) in [7, 11) is 0. The topological polar surface area (TPSA) is 84.1 Å². The van der Waals surface area contributed by atoms with Crippen molar-refractivity contribution < 1.29 is 18.0 Å². The van der Waals surface area contributed by atoms with Crippen LogP contribution in [0.3, 0.4) is 0 Å². The van der Waals surface area contributed by atoms with Crippen LogP contribution in [0.4, 0.5) is 13.2 Å². The number of carbonyl (C=O) groups is 1. The number of fused-ring (bicyclic) bond motifs is 2. The molecule has 3 N–H and O–H groups in total. The average molecular weight is 301 g/mol. The van der Waals surface area contributed by atoms with E-state index in [0.717, 1.165) is 12.6 Å². The summed E-state index contributed by atoms with van der Waals surface area (Å²) >= 11 is 0. The lowest BCUT2D eigenvalue weighted by Gasteiger charge is -2.28. The van der Waals surface area contributed by atoms with Gasteiger partial charge in [0, 0.05) is 31.4 Å². The molecule has 1 amide bonds. The zero-order chi connectivity index (χ0) is 15.2. The van der Waals surface area contributed by atoms with E-state index in [2.05, 4.69) is 15.3 Å². The summed E-state index contributed by atoms with van der Waals surface area (Å²) in [5, 5.41) is 3.19. The Morgan fingerprint density at radius 2 is 2.29 bits per heavy atom. The average Bonchev–Trinajstić information content (AvgIpc) is 3.07. The largest absolute Gasteiger partial charge is 0.434 e. The van der Waals surface area contributed by atoms with E-state index in [9.17, 15) is 18.0 Å². The van der Waals surface area contributed by atoms with Gasteiger partial charge in [-0.3, -0.25) is 4.79 Å². The van der Waals surface area contributed by atoms with Crippen molar-refractivity contribution in [3.8, 4) is 0 Å². The van der Waals surface area contributed by atoms with E-state index in [1.165, 1.54) is 4.90 Å². The number of amides is 1. The van der Waals surface area contributed by atoms with E-state index in [4.69, 9.17) is 5.73 Å². The Hall–Kier alpha value is -1.74. The van der Waals surface area contributed by atoms with Crippen LogP contribution in [0.25, 0.3) is 0 Å². The van der Waals surface area contributed by atoms with Crippen LogP contribution < -0.4 is 11.1 Å². The van der Waals surface area contributed by atoms with Gasteiger partial charge in [-0.2, -0.15) is 13.2 Å². The fourth-order valence-electron chi connectivity index (χ4n) is 2.85. The molecule has 2 atom stereocenters. The van der Waals surface area contributed by atoms with Gasteiger partial charge in [0.25, 0.3) is 5.91 Å². The van der Waals surface area contributed by atoms with Crippen molar-refractivity contribution >= 4 is 5.91 Å². The van der Waals surface area contributed by atoms with Crippen LogP contribution in [0.5, 0.6) is 0 Å². The fourth-order valence-corrected chi connectivity index (χ4v) is 2.85. The van der Waals surface area contributed by atoms with Gasteiger partial charge < -0.3 is 16.0 Å². The zero-order valence-corrected chi connectivity index (χ0v) is 11.0. The summed E-state index contributed by atoms with van der Waals surface area (Å²) in [5.41, 5.74) is 3.55. The van der Waals surface area contributed by atoms with Crippen LogP contribution in [0.1, 0.15) is 28.3 Å². The van der Waals surface area contributed by atoms with Gasteiger partial charge in [-0.1, -0.05) is 0 Å². The Kier molecular flexibility index (Phi) is 3.33. The lowest BCUT2D eigenvalue weighted by molar-refractivity contribution is -0.141. The van der Waals surface area contributed by atoms with Crippen LogP contribution >= 0.6 is 0 Å². The number of nitrogens with one attached hydrogen (secondary N) is 1. The summed E-state index contributed by atoms with van der Waals surface area (Å²) in [6, 6.07) is 0.107. The van der Waals surface area contributed by atoms with E-state index in [0.29, 0.717) is 13.1 Å². The minimum atomic E-state index is -4.71. The van der Waals surface area contributed by atoms with Crippen LogP contribution in [0, 0.1) is 0 Å². The molecule has 9 heteroatoms. The molecule has 0 aliphatic carbocycles. The molecular weight excluding hydrogens is 287 g/mol. The molecular formula is C12H14F3N5O. The highest BCUT2D eigenvalue weighted by Crippen LogP contribution is 2.32. The van der Waals surface area contributed by atoms with Gasteiger partial charge in [0.1, 0.15) is 5.82 Å². The fraction of sp³-hybridized carbons (Fsp3) is 0.583. The number of alkyl halides is 3. The van der Waals surface area contributed by atoms with E-state index in [-0.39, 0.29) is 24.5 Å². The predicted molar refractivity (Wildman–Crippen MR) is 66.2 cm³/mol. The number of nitrogens with two attached hydrogens (primary N) is 1. The first kappa shape index (κ1) is 14.2. The number of rotatable bonds is 2. The van der Waals surface area contributed by atoms with Crippen LogP contribution in [0.2, 0.25) is 0 Å². The summed E-state index contributed by atoms with van der Waals surface area (Å²) in [4.78, 5) is 21.0. The minimum Gasteiger partial charge on any atom is -0.333 e. The molecule has 3 heterocycles. The van der Waals surface area contributed by atoms with E-state index >= 15 is 0 Å². The monoisotopic (exact) mass is 301 g/mol. The van der Waals surface area contributed by atoms with E-state index < -0.39 is 23.3 Å². The van der Waals surface area contributed by atoms with Crippen molar-refractivity contribution in [2.24, 2.45) is 5.73 Å². The number of carbonyl (C=O) groups excluding carboxylic acids is 1. The highest BCUT2D eigenvalue weighted by atomic mass is 19.4. The molecule has 0 unspecified atom stereocenters. The number of aromatic nitrogens is 2. The van der Waals surface area contributed by atoms with Crippen molar-refractivity contribution in [3.05, 3.63) is 23.3 Å². The van der Waals surface area contributed by atoms with Gasteiger partial charge in [0.2, 0.25) is 0 Å². The smallest absolute Gasteiger partial charge is 0.333 e. The van der Waals surface area contributed by atoms with Gasteiger partial charge in [0.05, 0.1) is 12.1 Å². The van der Waals surface area contributed by atoms with Crippen LogP contribution in [-0.2, 0) is 12.7 Å². The molecule has 0 radical (unpaired) electrons. The van der Waals surface area contributed by atoms with Gasteiger partial charge in [-0.05, 0) is 6.42 Å². The second kappa shape index (κ2) is 4.92. The maximum atomic E-state index is 13.1. The molecule has 114 valence electrons. The number of nitrogens with zero attached hydrogens (tertiary/aromatic N) is 3. The predicted octanol–water partition coefficient (Wildman–Crippen LogP) is 0.140. The van der Waals surface area contributed by atoms with Gasteiger partial charge in [0.15, 0.2) is 5.69 Å². The molecule has 21 heavy (non-hydrogen) atoms. The SMILES string of the molecule is NCc1ncc(C(=O)N2C[C@@H]3C[C@H]2CN3)c(C(F)(F)F)n1. The third-order valence-corrected chi connectivity index (χ3v) is 3.84. The number of halogens is 3. The highest BCUT2D eigenvalue weighted by Gasteiger charge is 2.44. The Balaban J connectivity index is 1.96. The molecule has 2 fully saturated rings. The van der Waals surface area contributed by atoms with Crippen molar-refractivity contribution in [2.45, 2.75) is 31.2 Å². The first-order chi connectivity index (χ1) is 9.90. The molecule has 6 nitrogen and oxygen atoms in total. The number of likely N-dealkylation sites (tertiary alicyclic amines) is 1. The Bertz CT molecular complexity index is 577. The van der Waals surface area contributed by atoms with Gasteiger partial charge in [-0.25, -0.2) is 9.97 Å². The maximum Gasteiger partial charge on any atom is 0.434 e. The number of hydrogen-bond acceptors (Lipinski definition) is 5. The first-order valence-electron chi connectivity index (χ1n) is 6.57. The highest BCUT2D eigenvalue weighted by molar-refractivity contribution is 5.95. The number of hydrogen-bond donors (Lipinski definition) is 2. The molecule has 2 aliphatic rings. The van der Waals surface area contributed by atoms with Gasteiger partial charge in [-0.15, -0.1) is 0 Å². The molecule has 2 aliphatic heterocycles. The van der Waals surface area contributed by atoms with E-state index in [1.54, 1.807) is 0 Å². The first-order valence-corrected chi connectivity index (χ1v) is 6.57. The van der Waals surface area contributed by atoms with E-state index in [1.807, 2.05) is 0 Å². The molecule has 2 saturated heterocycles. The molecule has 1 aromatic heterocycles. The zero-order valence-electron chi connectivity index (χ0n) is 11.0. The summed E-state index contributed by atoms with van der Waals surface area (Å²) < 4.78 is 39.3. The second-order valence-corrected chi connectivity index (χ2v) is 5.20. The lowest BCUT2D eigenvalue weighted by Crippen LogP contribution is -2.47. The van der Waals surface area contributed by atoms with Crippen molar-refractivity contribution in [1.29, 1.82) is 0 Å². The molecule has 0 saturated carbocycles. The quantitative estimate of drug-likeness (QED) is 0.812.